The average Bonchev–Trinajstić information content (AvgIpc) is 2.94. The summed E-state index contributed by atoms with van der Waals surface area (Å²) in [7, 11) is -2.30. The lowest BCUT2D eigenvalue weighted by Gasteiger charge is -2.40. The molecule has 1 aliphatic rings. The molecular formula is C29H56O3Si2. The number of hydrogen-bond donors (Lipinski definition) is 0. The molecule has 4 atom stereocenters. The van der Waals surface area contributed by atoms with E-state index in [4.69, 9.17) is 8.85 Å². The number of allylic oxidation sites excluding steroid dienone is 1. The molecule has 3 unspecified atom stereocenters. The second-order valence-corrected chi connectivity index (χ2v) is 17.9. The van der Waals surface area contributed by atoms with Gasteiger partial charge in [0.2, 0.25) is 0 Å². The summed E-state index contributed by atoms with van der Waals surface area (Å²) < 4.78 is 12.4. The molecular weight excluding hydrogens is 452 g/mol. The maximum absolute atomic E-state index is 13.5. The van der Waals surface area contributed by atoms with Crippen molar-refractivity contribution in [2.75, 3.05) is 6.61 Å². The number of Topliss-reactive ketones (excluding diaryl/α,β-unsaturated/α-hetero) is 1. The first-order chi connectivity index (χ1) is 15.6. The van der Waals surface area contributed by atoms with Gasteiger partial charge in [0.05, 0.1) is 0 Å². The minimum absolute atomic E-state index is 0.0492. The zero-order valence-corrected chi connectivity index (χ0v) is 26.5. The van der Waals surface area contributed by atoms with Crippen LogP contribution in [0.5, 0.6) is 0 Å². The molecule has 1 aliphatic carbocycles. The van der Waals surface area contributed by atoms with Gasteiger partial charge in [-0.25, -0.2) is 0 Å². The smallest absolute Gasteiger partial charge is 0.172 e. The van der Waals surface area contributed by atoms with E-state index in [1.807, 2.05) is 6.08 Å². The Morgan fingerprint density at radius 2 is 1.65 bits per heavy atom. The Morgan fingerprint density at radius 1 is 1.03 bits per heavy atom. The Kier molecular flexibility index (Phi) is 12.7. The number of carbonyl (C=O) groups is 1. The highest BCUT2D eigenvalue weighted by Gasteiger charge is 2.56. The van der Waals surface area contributed by atoms with Crippen LogP contribution in [0.3, 0.4) is 0 Å². The lowest BCUT2D eigenvalue weighted by molar-refractivity contribution is -0.132. The molecule has 34 heavy (non-hydrogen) atoms. The van der Waals surface area contributed by atoms with Gasteiger partial charge in [-0.15, -0.1) is 6.58 Å². The summed E-state index contributed by atoms with van der Waals surface area (Å²) in [4.78, 5) is 13.5. The van der Waals surface area contributed by atoms with Crippen LogP contribution >= 0.6 is 0 Å². The lowest BCUT2D eigenvalue weighted by atomic mass is 9.70. The van der Waals surface area contributed by atoms with Gasteiger partial charge in [0.15, 0.2) is 23.9 Å². The predicted octanol–water partition coefficient (Wildman–Crippen LogP) is 7.72. The second kappa shape index (κ2) is 13.7. The normalized spacial score (nSPS) is 25.1. The van der Waals surface area contributed by atoms with Crippen LogP contribution in [0.4, 0.5) is 0 Å². The van der Waals surface area contributed by atoms with Gasteiger partial charge in [0.25, 0.3) is 0 Å². The van der Waals surface area contributed by atoms with Gasteiger partial charge >= 0.3 is 0 Å². The minimum atomic E-state index is -1.41. The molecule has 0 aromatic carbocycles. The third-order valence-corrected chi connectivity index (χ3v) is 9.17. The largest absolute Gasteiger partial charge is 0.421 e. The SMILES string of the molecule is C=CCC1(O[SiH](C)C)C(=O)CC(C(C)(C)C)C1C=C[C@H](CCCCCCO[SiH](C)C)C(C)(C)C. The lowest BCUT2D eigenvalue weighted by Crippen LogP contribution is -2.47. The van der Waals surface area contributed by atoms with Crippen molar-refractivity contribution < 1.29 is 13.6 Å². The number of rotatable bonds is 14. The molecule has 0 bridgehead atoms. The molecule has 0 spiro atoms. The van der Waals surface area contributed by atoms with Crippen molar-refractivity contribution in [3.63, 3.8) is 0 Å². The fourth-order valence-corrected chi connectivity index (χ4v) is 7.30. The van der Waals surface area contributed by atoms with Gasteiger partial charge in [-0.3, -0.25) is 4.79 Å². The molecule has 198 valence electrons. The summed E-state index contributed by atoms with van der Waals surface area (Å²) in [5, 5.41) is 0. The second-order valence-electron chi connectivity index (χ2n) is 13.2. The van der Waals surface area contributed by atoms with Crippen molar-refractivity contribution in [3.05, 3.63) is 24.8 Å². The van der Waals surface area contributed by atoms with Crippen LogP contribution in [0.25, 0.3) is 0 Å². The van der Waals surface area contributed by atoms with Crippen molar-refractivity contribution in [1.82, 2.24) is 0 Å². The Bertz CT molecular complexity index is 657. The summed E-state index contributed by atoms with van der Waals surface area (Å²) >= 11 is 0. The summed E-state index contributed by atoms with van der Waals surface area (Å²) in [5.41, 5.74) is -0.482. The van der Waals surface area contributed by atoms with Crippen LogP contribution in [-0.4, -0.2) is 36.1 Å². The fourth-order valence-electron chi connectivity index (χ4n) is 5.43. The molecule has 0 N–H and O–H groups in total. The van der Waals surface area contributed by atoms with E-state index in [0.717, 1.165) is 6.61 Å². The van der Waals surface area contributed by atoms with E-state index < -0.39 is 23.7 Å². The summed E-state index contributed by atoms with van der Waals surface area (Å²) in [6, 6.07) is 0. The quantitative estimate of drug-likeness (QED) is 0.137. The zero-order valence-electron chi connectivity index (χ0n) is 24.2. The Balaban J connectivity index is 3.05. The Labute approximate surface area is 215 Å². The topological polar surface area (TPSA) is 35.5 Å². The maximum atomic E-state index is 13.5. The van der Waals surface area contributed by atoms with Crippen molar-refractivity contribution >= 4 is 23.9 Å². The molecule has 0 aliphatic heterocycles. The van der Waals surface area contributed by atoms with E-state index in [9.17, 15) is 4.79 Å². The standard InChI is InChI=1S/C29H56O3Si2/c1-12-20-29(32-34(10)11)24(25(22-26(29)30)28(5,6)7)19-18-23(27(2,3)4)17-15-13-14-16-21-31-33(8)9/h12,18-19,23-25,33-34H,1,13-17,20-22H2,2-11H3/t23-,24?,25?,29?/m0/s1. The first kappa shape index (κ1) is 31.5. The van der Waals surface area contributed by atoms with Gasteiger partial charge in [-0.2, -0.15) is 0 Å². The highest BCUT2D eigenvalue weighted by molar-refractivity contribution is 6.49. The fraction of sp³-hybridized carbons (Fsp3) is 0.828. The average molecular weight is 509 g/mol. The molecule has 3 nitrogen and oxygen atoms in total. The monoisotopic (exact) mass is 508 g/mol. The molecule has 0 aromatic heterocycles. The highest BCUT2D eigenvalue weighted by atomic mass is 28.3. The number of ketones is 1. The first-order valence-electron chi connectivity index (χ1n) is 13.8. The van der Waals surface area contributed by atoms with Gasteiger partial charge < -0.3 is 8.85 Å². The summed E-state index contributed by atoms with van der Waals surface area (Å²) in [6.45, 7) is 27.6. The summed E-state index contributed by atoms with van der Waals surface area (Å²) in [5.74, 6) is 1.16. The summed E-state index contributed by atoms with van der Waals surface area (Å²) in [6.07, 6.45) is 14.1. The van der Waals surface area contributed by atoms with Gasteiger partial charge in [0, 0.05) is 25.4 Å². The third-order valence-electron chi connectivity index (χ3n) is 7.38. The molecule has 0 radical (unpaired) electrons. The van der Waals surface area contributed by atoms with Crippen LogP contribution in [0.15, 0.2) is 24.8 Å². The highest BCUT2D eigenvalue weighted by Crippen LogP contribution is 2.51. The molecule has 0 saturated heterocycles. The van der Waals surface area contributed by atoms with Crippen LogP contribution in [0.2, 0.25) is 26.2 Å². The molecule has 5 heteroatoms. The number of carbonyl (C=O) groups excluding carboxylic acids is 1. The molecule has 1 rings (SSSR count). The van der Waals surface area contributed by atoms with Crippen molar-refractivity contribution in [2.24, 2.45) is 28.6 Å². The van der Waals surface area contributed by atoms with Gasteiger partial charge in [0.1, 0.15) is 5.60 Å². The van der Waals surface area contributed by atoms with Gasteiger partial charge in [-0.05, 0) is 61.7 Å². The van der Waals surface area contributed by atoms with Crippen LogP contribution in [0.1, 0.15) is 86.5 Å². The molecule has 0 aromatic rings. The van der Waals surface area contributed by atoms with E-state index >= 15 is 0 Å². The van der Waals surface area contributed by atoms with Crippen LogP contribution in [0, 0.1) is 28.6 Å². The predicted molar refractivity (Wildman–Crippen MR) is 154 cm³/mol. The maximum Gasteiger partial charge on any atom is 0.172 e. The van der Waals surface area contributed by atoms with Crippen molar-refractivity contribution in [1.29, 1.82) is 0 Å². The Morgan fingerprint density at radius 3 is 2.15 bits per heavy atom. The van der Waals surface area contributed by atoms with Crippen LogP contribution in [-0.2, 0) is 13.6 Å². The zero-order chi connectivity index (χ0) is 26.2. The van der Waals surface area contributed by atoms with Gasteiger partial charge in [-0.1, -0.05) is 79.0 Å². The van der Waals surface area contributed by atoms with E-state index in [-0.39, 0.29) is 28.4 Å². The third kappa shape index (κ3) is 9.52. The number of hydrogen-bond acceptors (Lipinski definition) is 3. The van der Waals surface area contributed by atoms with E-state index in [1.165, 1.54) is 32.1 Å². The van der Waals surface area contributed by atoms with E-state index in [2.05, 4.69) is 86.5 Å². The molecule has 1 fully saturated rings. The molecule has 1 saturated carbocycles. The molecule has 0 heterocycles. The first-order valence-corrected chi connectivity index (χ1v) is 19.3. The number of unbranched alkanes of at least 4 members (excludes halogenated alkanes) is 3. The van der Waals surface area contributed by atoms with Crippen molar-refractivity contribution in [2.45, 2.75) is 118 Å². The van der Waals surface area contributed by atoms with Crippen molar-refractivity contribution in [3.8, 4) is 0 Å². The minimum Gasteiger partial charge on any atom is -0.421 e. The molecule has 0 amide bonds. The van der Waals surface area contributed by atoms with Crippen LogP contribution < -0.4 is 0 Å². The van der Waals surface area contributed by atoms with E-state index in [1.54, 1.807) is 0 Å². The Hall–Kier alpha value is -0.496. The van der Waals surface area contributed by atoms with E-state index in [0.29, 0.717) is 18.8 Å².